The number of hydrogen-bond acceptors (Lipinski definition) is 5. The van der Waals surface area contributed by atoms with Crippen molar-refractivity contribution in [3.05, 3.63) is 22.8 Å². The van der Waals surface area contributed by atoms with Crippen LogP contribution in [0.2, 0.25) is 0 Å². The van der Waals surface area contributed by atoms with E-state index >= 15 is 0 Å². The van der Waals surface area contributed by atoms with Gasteiger partial charge in [-0.25, -0.2) is 0 Å². The molecule has 0 amide bonds. The Hall–Kier alpha value is -1.01. The van der Waals surface area contributed by atoms with Crippen LogP contribution in [0.25, 0.3) is 0 Å². The van der Waals surface area contributed by atoms with Crippen LogP contribution in [0.1, 0.15) is 47.0 Å². The zero-order chi connectivity index (χ0) is 19.4. The number of Topliss-reactive ketones (excluding diaryl/α,β-unsaturated/α-hetero) is 1. The Labute approximate surface area is 155 Å². The molecule has 146 valence electrons. The molecule has 3 aliphatic rings. The SMILES string of the molecule is COCC1(O)CC[C@@H]2/C1=C\[C@@H]1C(=C(C(C)C)C(=O)[C@]1(C)O)CC(O)[C@@H]2C. The highest BCUT2D eigenvalue weighted by Crippen LogP contribution is 2.52. The lowest BCUT2D eigenvalue weighted by atomic mass is 9.73. The lowest BCUT2D eigenvalue weighted by Gasteiger charge is -2.36. The highest BCUT2D eigenvalue weighted by Gasteiger charge is 2.54. The molecule has 0 aromatic rings. The highest BCUT2D eigenvalue weighted by molar-refractivity contribution is 6.06. The summed E-state index contributed by atoms with van der Waals surface area (Å²) in [7, 11) is 1.56. The number of ketones is 1. The molecule has 0 aromatic carbocycles. The molecule has 2 unspecified atom stereocenters. The number of methoxy groups -OCH3 is 1. The third kappa shape index (κ3) is 2.80. The van der Waals surface area contributed by atoms with Gasteiger partial charge in [0, 0.05) is 18.6 Å². The third-order valence-electron chi connectivity index (χ3n) is 6.81. The van der Waals surface area contributed by atoms with Crippen LogP contribution in [0.15, 0.2) is 22.8 Å². The van der Waals surface area contributed by atoms with Gasteiger partial charge in [0.1, 0.15) is 11.2 Å². The van der Waals surface area contributed by atoms with Gasteiger partial charge in [-0.1, -0.05) is 32.4 Å². The molecular weight excluding hydrogens is 332 g/mol. The van der Waals surface area contributed by atoms with Crippen molar-refractivity contribution in [3.8, 4) is 0 Å². The topological polar surface area (TPSA) is 87.0 Å². The molecule has 0 heterocycles. The Morgan fingerprint density at radius 3 is 2.58 bits per heavy atom. The van der Waals surface area contributed by atoms with Crippen molar-refractivity contribution in [2.45, 2.75) is 64.3 Å². The fraction of sp³-hybridized carbons (Fsp3) is 0.762. The van der Waals surface area contributed by atoms with E-state index in [1.54, 1.807) is 14.0 Å². The summed E-state index contributed by atoms with van der Waals surface area (Å²) in [6.45, 7) is 7.63. The van der Waals surface area contributed by atoms with E-state index in [-0.39, 0.29) is 30.1 Å². The summed E-state index contributed by atoms with van der Waals surface area (Å²) >= 11 is 0. The summed E-state index contributed by atoms with van der Waals surface area (Å²) in [6, 6.07) is 0. The molecule has 3 rings (SSSR count). The number of fused-ring (bicyclic) bond motifs is 2. The predicted molar refractivity (Wildman–Crippen MR) is 98.4 cm³/mol. The average molecular weight is 364 g/mol. The van der Waals surface area contributed by atoms with E-state index in [0.717, 1.165) is 17.6 Å². The first-order valence-electron chi connectivity index (χ1n) is 9.66. The van der Waals surface area contributed by atoms with Crippen molar-refractivity contribution < 1.29 is 24.9 Å². The fourth-order valence-electron chi connectivity index (χ4n) is 5.32. The van der Waals surface area contributed by atoms with Gasteiger partial charge in [0.25, 0.3) is 0 Å². The lowest BCUT2D eigenvalue weighted by molar-refractivity contribution is -0.132. The summed E-state index contributed by atoms with van der Waals surface area (Å²) < 4.78 is 5.26. The largest absolute Gasteiger partial charge is 0.392 e. The summed E-state index contributed by atoms with van der Waals surface area (Å²) in [5, 5.41) is 33.1. The molecule has 5 nitrogen and oxygen atoms in total. The average Bonchev–Trinajstić information content (AvgIpc) is 2.94. The molecule has 5 heteroatoms. The maximum atomic E-state index is 12.9. The van der Waals surface area contributed by atoms with Gasteiger partial charge in [-0.3, -0.25) is 4.79 Å². The lowest BCUT2D eigenvalue weighted by Crippen LogP contribution is -2.42. The molecule has 3 N–H and O–H groups in total. The Morgan fingerprint density at radius 1 is 1.35 bits per heavy atom. The first kappa shape index (κ1) is 19.7. The minimum absolute atomic E-state index is 0.0217. The van der Waals surface area contributed by atoms with Crippen LogP contribution < -0.4 is 0 Å². The van der Waals surface area contributed by atoms with E-state index in [2.05, 4.69) is 0 Å². The van der Waals surface area contributed by atoms with Crippen molar-refractivity contribution in [1.82, 2.24) is 0 Å². The van der Waals surface area contributed by atoms with E-state index in [1.165, 1.54) is 0 Å². The van der Waals surface area contributed by atoms with Gasteiger partial charge in [0.2, 0.25) is 0 Å². The predicted octanol–water partition coefficient (Wildman–Crippen LogP) is 2.00. The third-order valence-corrected chi connectivity index (χ3v) is 6.81. The van der Waals surface area contributed by atoms with E-state index < -0.39 is 23.2 Å². The quantitative estimate of drug-likeness (QED) is 0.667. The van der Waals surface area contributed by atoms with Crippen LogP contribution in [0, 0.1) is 23.7 Å². The molecule has 0 aliphatic heterocycles. The van der Waals surface area contributed by atoms with Crippen molar-refractivity contribution in [1.29, 1.82) is 0 Å². The van der Waals surface area contributed by atoms with Gasteiger partial charge in [-0.15, -0.1) is 0 Å². The van der Waals surface area contributed by atoms with Crippen LogP contribution >= 0.6 is 0 Å². The molecule has 26 heavy (non-hydrogen) atoms. The second kappa shape index (κ2) is 6.55. The fourth-order valence-corrected chi connectivity index (χ4v) is 5.32. The smallest absolute Gasteiger partial charge is 0.191 e. The summed E-state index contributed by atoms with van der Waals surface area (Å²) in [5.74, 6) is -0.786. The standard InChI is InChI=1S/C21H32O5/c1-11(2)18-14-8-17(22)12(3)13-6-7-21(25,10-26-5)16(13)9-15(14)20(4,24)19(18)23/h9,11-13,15,17,22,24-25H,6-8,10H2,1-5H3/b16-9+/t12-,13+,15-,17?,20-,21?/m1/s1. The Morgan fingerprint density at radius 2 is 2.00 bits per heavy atom. The number of carbonyl (C=O) groups is 1. The van der Waals surface area contributed by atoms with Gasteiger partial charge in [-0.2, -0.15) is 0 Å². The zero-order valence-corrected chi connectivity index (χ0v) is 16.5. The first-order valence-corrected chi connectivity index (χ1v) is 9.66. The van der Waals surface area contributed by atoms with Crippen molar-refractivity contribution in [2.24, 2.45) is 23.7 Å². The molecule has 0 radical (unpaired) electrons. The van der Waals surface area contributed by atoms with E-state index in [4.69, 9.17) is 4.74 Å². The molecule has 0 spiro atoms. The summed E-state index contributed by atoms with van der Waals surface area (Å²) in [6.07, 6.45) is 3.03. The monoisotopic (exact) mass is 364 g/mol. The number of aliphatic hydroxyl groups is 3. The minimum atomic E-state index is -1.54. The highest BCUT2D eigenvalue weighted by atomic mass is 16.5. The van der Waals surface area contributed by atoms with Gasteiger partial charge >= 0.3 is 0 Å². The number of rotatable bonds is 3. The molecule has 1 fully saturated rings. The van der Waals surface area contributed by atoms with E-state index in [1.807, 2.05) is 26.8 Å². The number of aliphatic hydroxyl groups excluding tert-OH is 1. The molecule has 0 aromatic heterocycles. The van der Waals surface area contributed by atoms with Crippen molar-refractivity contribution in [3.63, 3.8) is 0 Å². The van der Waals surface area contributed by atoms with Gasteiger partial charge in [-0.05, 0) is 49.5 Å². The second-order valence-electron chi connectivity index (χ2n) is 8.91. The van der Waals surface area contributed by atoms with Crippen LogP contribution in [0.5, 0.6) is 0 Å². The van der Waals surface area contributed by atoms with E-state index in [9.17, 15) is 20.1 Å². The van der Waals surface area contributed by atoms with Crippen LogP contribution in [-0.4, -0.2) is 52.1 Å². The Bertz CT molecular complexity index is 659. The maximum Gasteiger partial charge on any atom is 0.191 e. The number of hydrogen-bond donors (Lipinski definition) is 3. The van der Waals surface area contributed by atoms with Gasteiger partial charge in [0.05, 0.1) is 12.7 Å². The van der Waals surface area contributed by atoms with Gasteiger partial charge in [0.15, 0.2) is 5.78 Å². The maximum absolute atomic E-state index is 12.9. The molecule has 6 atom stereocenters. The summed E-state index contributed by atoms with van der Waals surface area (Å²) in [5.41, 5.74) is -0.369. The minimum Gasteiger partial charge on any atom is -0.392 e. The zero-order valence-electron chi connectivity index (χ0n) is 16.5. The Kier molecular flexibility index (Phi) is 4.98. The van der Waals surface area contributed by atoms with Crippen LogP contribution in [0.4, 0.5) is 0 Å². The van der Waals surface area contributed by atoms with Crippen LogP contribution in [0.3, 0.4) is 0 Å². The molecule has 3 aliphatic carbocycles. The number of ether oxygens (including phenoxy) is 1. The van der Waals surface area contributed by atoms with Crippen LogP contribution in [-0.2, 0) is 9.53 Å². The molecule has 0 saturated heterocycles. The molecular formula is C21H32O5. The Balaban J connectivity index is 2.20. The molecule has 0 bridgehead atoms. The van der Waals surface area contributed by atoms with E-state index in [0.29, 0.717) is 18.4 Å². The van der Waals surface area contributed by atoms with Crippen molar-refractivity contribution >= 4 is 5.78 Å². The summed E-state index contributed by atoms with van der Waals surface area (Å²) in [4.78, 5) is 12.9. The van der Waals surface area contributed by atoms with Gasteiger partial charge < -0.3 is 20.1 Å². The molecule has 1 saturated carbocycles. The number of carbonyl (C=O) groups excluding carboxylic acids is 1. The first-order chi connectivity index (χ1) is 12.0. The normalized spacial score (nSPS) is 45.3. The second-order valence-corrected chi connectivity index (χ2v) is 8.91. The van der Waals surface area contributed by atoms with Crippen molar-refractivity contribution in [2.75, 3.05) is 13.7 Å².